The molecule has 1 atom stereocenters. The highest BCUT2D eigenvalue weighted by Gasteiger charge is 2.39. The summed E-state index contributed by atoms with van der Waals surface area (Å²) in [6.45, 7) is 3.96. The van der Waals surface area contributed by atoms with Crippen molar-refractivity contribution in [2.75, 3.05) is 13.7 Å². The molecular formula is C17H20F3N3O3. The molecule has 2 rings (SSSR count). The Morgan fingerprint density at radius 1 is 1.35 bits per heavy atom. The van der Waals surface area contributed by atoms with Crippen LogP contribution in [0.3, 0.4) is 0 Å². The average molecular weight is 371 g/mol. The minimum absolute atomic E-state index is 0.462. The number of amides is 1. The predicted octanol–water partition coefficient (Wildman–Crippen LogP) is 3.34. The number of carbonyl (C=O) groups is 1. The number of rotatable bonds is 6. The van der Waals surface area contributed by atoms with E-state index in [2.05, 4.69) is 10.4 Å². The number of ether oxygens (including phenoxy) is 2. The first-order chi connectivity index (χ1) is 12.2. The molecule has 1 amide bonds. The highest BCUT2D eigenvalue weighted by Crippen LogP contribution is 2.33. The van der Waals surface area contributed by atoms with Crippen LogP contribution in [-0.2, 0) is 13.2 Å². The molecule has 0 unspecified atom stereocenters. The smallest absolute Gasteiger partial charge is 0.433 e. The highest BCUT2D eigenvalue weighted by molar-refractivity contribution is 5.95. The lowest BCUT2D eigenvalue weighted by Crippen LogP contribution is -2.29. The maximum absolute atomic E-state index is 13.1. The van der Waals surface area contributed by atoms with Crippen molar-refractivity contribution in [1.29, 1.82) is 0 Å². The summed E-state index contributed by atoms with van der Waals surface area (Å²) in [5, 5.41) is 6.10. The van der Waals surface area contributed by atoms with Crippen molar-refractivity contribution in [2.24, 2.45) is 7.05 Å². The fourth-order valence-corrected chi connectivity index (χ4v) is 2.53. The average Bonchev–Trinajstić information content (AvgIpc) is 2.97. The molecule has 1 N–H and O–H groups in total. The Morgan fingerprint density at radius 3 is 2.62 bits per heavy atom. The third kappa shape index (κ3) is 4.09. The second-order valence-electron chi connectivity index (χ2n) is 5.57. The third-order valence-electron chi connectivity index (χ3n) is 3.79. The second-order valence-corrected chi connectivity index (χ2v) is 5.57. The molecule has 0 aliphatic rings. The zero-order chi connectivity index (χ0) is 19.5. The van der Waals surface area contributed by atoms with Gasteiger partial charge in [0.2, 0.25) is 0 Å². The van der Waals surface area contributed by atoms with Crippen LogP contribution in [0.2, 0.25) is 0 Å². The molecule has 9 heteroatoms. The summed E-state index contributed by atoms with van der Waals surface area (Å²) >= 11 is 0. The molecule has 0 aliphatic carbocycles. The summed E-state index contributed by atoms with van der Waals surface area (Å²) in [7, 11) is 2.62. The van der Waals surface area contributed by atoms with Crippen molar-refractivity contribution in [3.05, 3.63) is 41.2 Å². The number of halogens is 3. The summed E-state index contributed by atoms with van der Waals surface area (Å²) in [4.78, 5) is 12.3. The molecule has 0 aliphatic heterocycles. The van der Waals surface area contributed by atoms with Crippen molar-refractivity contribution in [2.45, 2.75) is 26.1 Å². The first-order valence-corrected chi connectivity index (χ1v) is 7.89. The van der Waals surface area contributed by atoms with E-state index in [1.54, 1.807) is 25.1 Å². The summed E-state index contributed by atoms with van der Waals surface area (Å²) in [6.07, 6.45) is -3.77. The van der Waals surface area contributed by atoms with Gasteiger partial charge in [-0.05, 0) is 31.5 Å². The molecule has 1 heterocycles. The molecule has 0 saturated carbocycles. The molecule has 26 heavy (non-hydrogen) atoms. The number of carbonyl (C=O) groups excluding carboxylic acids is 1. The zero-order valence-corrected chi connectivity index (χ0v) is 14.8. The predicted molar refractivity (Wildman–Crippen MR) is 88.3 cm³/mol. The van der Waals surface area contributed by atoms with Crippen molar-refractivity contribution in [3.63, 3.8) is 0 Å². The number of hydrogen-bond acceptors (Lipinski definition) is 4. The largest absolute Gasteiger partial charge is 0.493 e. The van der Waals surface area contributed by atoms with E-state index in [1.165, 1.54) is 7.11 Å². The summed E-state index contributed by atoms with van der Waals surface area (Å²) in [5.74, 6) is 0.164. The first-order valence-electron chi connectivity index (χ1n) is 7.89. The molecule has 2 aromatic rings. The normalized spacial score (nSPS) is 12.6. The number of aromatic nitrogens is 2. The summed E-state index contributed by atoms with van der Waals surface area (Å²) < 4.78 is 50.6. The van der Waals surface area contributed by atoms with Crippen LogP contribution in [0.25, 0.3) is 0 Å². The summed E-state index contributed by atoms with van der Waals surface area (Å²) in [5.41, 5.74) is -0.952. The Bertz CT molecular complexity index is 787. The van der Waals surface area contributed by atoms with Crippen LogP contribution in [0.15, 0.2) is 24.4 Å². The number of nitrogens with zero attached hydrogens (tertiary/aromatic N) is 2. The van der Waals surface area contributed by atoms with Gasteiger partial charge in [-0.1, -0.05) is 6.07 Å². The zero-order valence-electron chi connectivity index (χ0n) is 14.8. The van der Waals surface area contributed by atoms with Crippen molar-refractivity contribution in [3.8, 4) is 11.5 Å². The number of hydrogen-bond donors (Lipinski definition) is 1. The molecule has 0 bridgehead atoms. The van der Waals surface area contributed by atoms with Gasteiger partial charge < -0.3 is 14.8 Å². The van der Waals surface area contributed by atoms with Gasteiger partial charge in [-0.3, -0.25) is 9.48 Å². The molecule has 0 fully saturated rings. The van der Waals surface area contributed by atoms with Crippen LogP contribution in [0.4, 0.5) is 13.2 Å². The third-order valence-corrected chi connectivity index (χ3v) is 3.79. The van der Waals surface area contributed by atoms with Gasteiger partial charge in [0.1, 0.15) is 0 Å². The standard InChI is InChI=1S/C17H20F3N3O3/c1-5-26-13-7-6-11(8-14(13)25-4)10(2)22-16(24)12-9-21-23(3)15(12)17(18,19)20/h6-10H,5H2,1-4H3,(H,22,24)/t10-/m0/s1. The van der Waals surface area contributed by atoms with Gasteiger partial charge in [0.25, 0.3) is 5.91 Å². The van der Waals surface area contributed by atoms with Crippen LogP contribution in [0.1, 0.15) is 41.5 Å². The lowest BCUT2D eigenvalue weighted by molar-refractivity contribution is -0.144. The van der Waals surface area contributed by atoms with E-state index < -0.39 is 29.4 Å². The van der Waals surface area contributed by atoms with E-state index in [-0.39, 0.29) is 0 Å². The van der Waals surface area contributed by atoms with E-state index in [9.17, 15) is 18.0 Å². The number of alkyl halides is 3. The van der Waals surface area contributed by atoms with Gasteiger partial charge in [-0.2, -0.15) is 18.3 Å². The van der Waals surface area contributed by atoms with Crippen LogP contribution in [0.5, 0.6) is 11.5 Å². The van der Waals surface area contributed by atoms with Crippen LogP contribution < -0.4 is 14.8 Å². The minimum Gasteiger partial charge on any atom is -0.493 e. The maximum atomic E-state index is 13.1. The van der Waals surface area contributed by atoms with E-state index in [4.69, 9.17) is 9.47 Å². The fraction of sp³-hybridized carbons (Fsp3) is 0.412. The molecule has 1 aromatic heterocycles. The van der Waals surface area contributed by atoms with E-state index >= 15 is 0 Å². The van der Waals surface area contributed by atoms with Gasteiger partial charge in [-0.15, -0.1) is 0 Å². The maximum Gasteiger partial charge on any atom is 0.433 e. The van der Waals surface area contributed by atoms with E-state index in [1.807, 2.05) is 6.92 Å². The number of nitrogens with one attached hydrogen (secondary N) is 1. The first kappa shape index (κ1) is 19.6. The highest BCUT2D eigenvalue weighted by atomic mass is 19.4. The Kier molecular flexibility index (Phi) is 5.79. The van der Waals surface area contributed by atoms with E-state index in [0.717, 1.165) is 13.2 Å². The molecule has 142 valence electrons. The molecule has 0 radical (unpaired) electrons. The Labute approximate surface area is 148 Å². The summed E-state index contributed by atoms with van der Waals surface area (Å²) in [6, 6.07) is 4.52. The van der Waals surface area contributed by atoms with Crippen LogP contribution in [0, 0.1) is 0 Å². The number of benzene rings is 1. The molecule has 1 aromatic carbocycles. The lowest BCUT2D eigenvalue weighted by Gasteiger charge is -2.17. The van der Waals surface area contributed by atoms with Crippen molar-refractivity contribution in [1.82, 2.24) is 15.1 Å². The Hall–Kier alpha value is -2.71. The number of methoxy groups -OCH3 is 1. The van der Waals surface area contributed by atoms with Gasteiger partial charge in [-0.25, -0.2) is 0 Å². The molecule has 0 saturated heterocycles. The molecule has 0 spiro atoms. The Morgan fingerprint density at radius 2 is 2.04 bits per heavy atom. The number of aryl methyl sites for hydroxylation is 1. The van der Waals surface area contributed by atoms with Gasteiger partial charge in [0.05, 0.1) is 31.5 Å². The SMILES string of the molecule is CCOc1ccc([C@H](C)NC(=O)c2cnn(C)c2C(F)(F)F)cc1OC. The van der Waals surface area contributed by atoms with Gasteiger partial charge >= 0.3 is 6.18 Å². The molecule has 6 nitrogen and oxygen atoms in total. The van der Waals surface area contributed by atoms with Gasteiger partial charge in [0.15, 0.2) is 17.2 Å². The van der Waals surface area contributed by atoms with Crippen LogP contribution >= 0.6 is 0 Å². The fourth-order valence-electron chi connectivity index (χ4n) is 2.53. The second kappa shape index (κ2) is 7.67. The topological polar surface area (TPSA) is 65.4 Å². The lowest BCUT2D eigenvalue weighted by atomic mass is 10.1. The van der Waals surface area contributed by atoms with Gasteiger partial charge in [0, 0.05) is 7.05 Å². The van der Waals surface area contributed by atoms with Crippen LogP contribution in [-0.4, -0.2) is 29.4 Å². The van der Waals surface area contributed by atoms with Crippen molar-refractivity contribution >= 4 is 5.91 Å². The molecular weight excluding hydrogens is 351 g/mol. The quantitative estimate of drug-likeness (QED) is 0.846. The Balaban J connectivity index is 2.23. The minimum atomic E-state index is -4.68. The van der Waals surface area contributed by atoms with Crippen molar-refractivity contribution < 1.29 is 27.4 Å². The van der Waals surface area contributed by atoms with E-state index in [0.29, 0.717) is 28.4 Å². The monoisotopic (exact) mass is 371 g/mol.